The summed E-state index contributed by atoms with van der Waals surface area (Å²) in [6.45, 7) is 2.38. The Kier molecular flexibility index (Phi) is 4.68. The van der Waals surface area contributed by atoms with Gasteiger partial charge in [-0.15, -0.1) is 6.42 Å². The molecule has 0 fully saturated rings. The third-order valence-corrected chi connectivity index (χ3v) is 2.53. The number of aromatic hydroxyl groups is 3. The minimum Gasteiger partial charge on any atom is -0.504 e. The Labute approximate surface area is 101 Å². The summed E-state index contributed by atoms with van der Waals surface area (Å²) in [5.74, 6) is 1.46. The molecule has 1 rings (SSSR count). The second kappa shape index (κ2) is 6.02. The van der Waals surface area contributed by atoms with Gasteiger partial charge in [-0.1, -0.05) is 25.3 Å². The van der Waals surface area contributed by atoms with E-state index in [4.69, 9.17) is 11.5 Å². The summed E-state index contributed by atoms with van der Waals surface area (Å²) >= 11 is 0. The second-order valence-corrected chi connectivity index (χ2v) is 3.83. The fourth-order valence-electron chi connectivity index (χ4n) is 1.52. The molecule has 0 bridgehead atoms. The first kappa shape index (κ1) is 13.2. The van der Waals surface area contributed by atoms with Crippen molar-refractivity contribution in [2.24, 2.45) is 0 Å². The molecule has 1 aromatic rings. The summed E-state index contributed by atoms with van der Waals surface area (Å²) in [6.07, 6.45) is 7.17. The minimum absolute atomic E-state index is 0.0599. The lowest BCUT2D eigenvalue weighted by Gasteiger charge is -2.13. The van der Waals surface area contributed by atoms with Crippen LogP contribution < -0.4 is 5.32 Å². The Morgan fingerprint density at radius 3 is 2.59 bits per heavy atom. The lowest BCUT2D eigenvalue weighted by Crippen LogP contribution is -2.26. The van der Waals surface area contributed by atoms with Crippen molar-refractivity contribution in [3.8, 4) is 29.6 Å². The quantitative estimate of drug-likeness (QED) is 0.463. The van der Waals surface area contributed by atoms with E-state index in [0.29, 0.717) is 12.1 Å². The Hall–Kier alpha value is -1.86. The lowest BCUT2D eigenvalue weighted by atomic mass is 10.1. The average Bonchev–Trinajstić information content (AvgIpc) is 2.33. The number of terminal acetylenes is 1. The van der Waals surface area contributed by atoms with E-state index in [-0.39, 0.29) is 17.5 Å². The van der Waals surface area contributed by atoms with Gasteiger partial charge in [-0.05, 0) is 12.5 Å². The molecule has 0 aliphatic rings. The van der Waals surface area contributed by atoms with Gasteiger partial charge in [0.1, 0.15) is 0 Å². The lowest BCUT2D eigenvalue weighted by molar-refractivity contribution is 0.363. The van der Waals surface area contributed by atoms with E-state index >= 15 is 0 Å². The fraction of sp³-hybridized carbons (Fsp3) is 0.385. The van der Waals surface area contributed by atoms with Crippen LogP contribution >= 0.6 is 0 Å². The highest BCUT2D eigenvalue weighted by molar-refractivity contribution is 5.53. The number of hydrogen-bond acceptors (Lipinski definition) is 4. The van der Waals surface area contributed by atoms with Gasteiger partial charge in [0.2, 0.25) is 5.75 Å². The predicted molar refractivity (Wildman–Crippen MR) is 65.8 cm³/mol. The van der Waals surface area contributed by atoms with Crippen molar-refractivity contribution in [2.45, 2.75) is 32.4 Å². The molecular formula is C13H17NO3. The van der Waals surface area contributed by atoms with Crippen molar-refractivity contribution >= 4 is 0 Å². The molecule has 1 unspecified atom stereocenters. The van der Waals surface area contributed by atoms with E-state index in [1.807, 2.05) is 6.92 Å². The van der Waals surface area contributed by atoms with Crippen LogP contribution in [0.4, 0.5) is 0 Å². The maximum absolute atomic E-state index is 9.59. The average molecular weight is 235 g/mol. The largest absolute Gasteiger partial charge is 0.504 e. The maximum Gasteiger partial charge on any atom is 0.200 e. The number of rotatable bonds is 5. The molecule has 0 amide bonds. The van der Waals surface area contributed by atoms with Crippen molar-refractivity contribution in [3.63, 3.8) is 0 Å². The molecule has 0 saturated carbocycles. The van der Waals surface area contributed by atoms with Crippen LogP contribution in [0.3, 0.4) is 0 Å². The maximum atomic E-state index is 9.59. The molecule has 1 atom stereocenters. The molecule has 4 heteroatoms. The smallest absolute Gasteiger partial charge is 0.200 e. The number of phenols is 3. The minimum atomic E-state index is -0.503. The van der Waals surface area contributed by atoms with Gasteiger partial charge in [0, 0.05) is 12.1 Å². The summed E-state index contributed by atoms with van der Waals surface area (Å²) < 4.78 is 0. The van der Waals surface area contributed by atoms with Crippen LogP contribution in [0.25, 0.3) is 0 Å². The van der Waals surface area contributed by atoms with Gasteiger partial charge in [0.05, 0.1) is 6.04 Å². The number of hydrogen-bond donors (Lipinski definition) is 4. The van der Waals surface area contributed by atoms with Gasteiger partial charge in [-0.3, -0.25) is 5.32 Å². The topological polar surface area (TPSA) is 72.7 Å². The zero-order chi connectivity index (χ0) is 12.8. The highest BCUT2D eigenvalue weighted by Crippen LogP contribution is 2.36. The van der Waals surface area contributed by atoms with Crippen LogP contribution in [0.1, 0.15) is 25.3 Å². The molecule has 0 saturated heterocycles. The van der Waals surface area contributed by atoms with E-state index in [9.17, 15) is 10.2 Å². The standard InChI is InChI=1S/C13H17NO3/c1-3-5-10(4-2)14-8-9-6-7-11(15)13(17)12(9)16/h2,6-7,10,14-17H,3,5,8H2,1H3. The van der Waals surface area contributed by atoms with Crippen molar-refractivity contribution in [1.82, 2.24) is 5.32 Å². The highest BCUT2D eigenvalue weighted by atomic mass is 16.3. The van der Waals surface area contributed by atoms with Crippen molar-refractivity contribution in [2.75, 3.05) is 0 Å². The van der Waals surface area contributed by atoms with Crippen molar-refractivity contribution in [3.05, 3.63) is 17.7 Å². The zero-order valence-corrected chi connectivity index (χ0v) is 9.77. The summed E-state index contributed by atoms with van der Waals surface area (Å²) in [4.78, 5) is 0. The van der Waals surface area contributed by atoms with Crippen molar-refractivity contribution < 1.29 is 15.3 Å². The summed E-state index contributed by atoms with van der Waals surface area (Å²) in [5.41, 5.74) is 0.497. The molecule has 4 nitrogen and oxygen atoms in total. The molecule has 0 aliphatic carbocycles. The Balaban J connectivity index is 2.70. The van der Waals surface area contributed by atoms with Crippen LogP contribution in [-0.4, -0.2) is 21.4 Å². The van der Waals surface area contributed by atoms with Gasteiger partial charge in [-0.2, -0.15) is 0 Å². The molecule has 0 spiro atoms. The fourth-order valence-corrected chi connectivity index (χ4v) is 1.52. The van der Waals surface area contributed by atoms with E-state index in [2.05, 4.69) is 11.2 Å². The molecule has 0 radical (unpaired) electrons. The Morgan fingerprint density at radius 2 is 2.00 bits per heavy atom. The Morgan fingerprint density at radius 1 is 1.29 bits per heavy atom. The molecule has 4 N–H and O–H groups in total. The third kappa shape index (κ3) is 3.30. The van der Waals surface area contributed by atoms with Crippen LogP contribution in [0.15, 0.2) is 12.1 Å². The summed E-state index contributed by atoms with van der Waals surface area (Å²) in [5, 5.41) is 31.2. The summed E-state index contributed by atoms with van der Waals surface area (Å²) in [6, 6.07) is 2.81. The summed E-state index contributed by atoms with van der Waals surface area (Å²) in [7, 11) is 0. The van der Waals surface area contributed by atoms with E-state index in [0.717, 1.165) is 12.8 Å². The molecular weight excluding hydrogens is 218 g/mol. The Bertz CT molecular complexity index is 423. The molecule has 0 aliphatic heterocycles. The third-order valence-electron chi connectivity index (χ3n) is 2.53. The van der Waals surface area contributed by atoms with Crippen LogP contribution in [0.2, 0.25) is 0 Å². The van der Waals surface area contributed by atoms with Crippen molar-refractivity contribution in [1.29, 1.82) is 0 Å². The monoisotopic (exact) mass is 235 g/mol. The van der Waals surface area contributed by atoms with Crippen LogP contribution in [-0.2, 0) is 6.54 Å². The number of nitrogens with one attached hydrogen (secondary N) is 1. The number of phenolic OH excluding ortho intramolecular Hbond substituents is 3. The second-order valence-electron chi connectivity index (χ2n) is 3.83. The molecule has 92 valence electrons. The molecule has 0 aromatic heterocycles. The van der Waals surface area contributed by atoms with Crippen LogP contribution in [0.5, 0.6) is 17.2 Å². The van der Waals surface area contributed by atoms with Gasteiger partial charge in [0.25, 0.3) is 0 Å². The zero-order valence-electron chi connectivity index (χ0n) is 9.77. The first-order chi connectivity index (χ1) is 8.10. The highest BCUT2D eigenvalue weighted by Gasteiger charge is 2.11. The van der Waals surface area contributed by atoms with Crippen LogP contribution in [0, 0.1) is 12.3 Å². The van der Waals surface area contributed by atoms with E-state index in [1.54, 1.807) is 0 Å². The molecule has 1 aromatic carbocycles. The first-order valence-electron chi connectivity index (χ1n) is 5.52. The van der Waals surface area contributed by atoms with Gasteiger partial charge in [0.15, 0.2) is 11.5 Å². The normalized spacial score (nSPS) is 12.0. The van der Waals surface area contributed by atoms with E-state index < -0.39 is 5.75 Å². The van der Waals surface area contributed by atoms with Gasteiger partial charge >= 0.3 is 0 Å². The number of benzene rings is 1. The molecule has 17 heavy (non-hydrogen) atoms. The van der Waals surface area contributed by atoms with E-state index in [1.165, 1.54) is 12.1 Å². The van der Waals surface area contributed by atoms with Gasteiger partial charge in [-0.25, -0.2) is 0 Å². The predicted octanol–water partition coefficient (Wildman–Crippen LogP) is 1.69. The first-order valence-corrected chi connectivity index (χ1v) is 5.52. The SMILES string of the molecule is C#CC(CCC)NCc1ccc(O)c(O)c1O. The van der Waals surface area contributed by atoms with Gasteiger partial charge < -0.3 is 15.3 Å². The molecule has 0 heterocycles.